The van der Waals surface area contributed by atoms with E-state index in [1.807, 2.05) is 0 Å². The van der Waals surface area contributed by atoms with Crippen LogP contribution in [0.15, 0.2) is 70.1 Å². The SMILES string of the molecule is O=S1(=O)N=C(Nc2ccc(Cl)cc2)c2ccc(-c3ncccc3C(F)(F)F)cc21. The molecule has 1 aliphatic rings. The summed E-state index contributed by atoms with van der Waals surface area (Å²) in [5.74, 6) is 0.0749. The van der Waals surface area contributed by atoms with E-state index in [1.165, 1.54) is 24.4 Å². The van der Waals surface area contributed by atoms with Crippen molar-refractivity contribution in [2.75, 3.05) is 5.32 Å². The van der Waals surface area contributed by atoms with Gasteiger partial charge in [0.15, 0.2) is 5.84 Å². The number of pyridine rings is 1. The molecule has 29 heavy (non-hydrogen) atoms. The quantitative estimate of drug-likeness (QED) is 0.613. The van der Waals surface area contributed by atoms with Gasteiger partial charge in [0, 0.05) is 28.0 Å². The van der Waals surface area contributed by atoms with Crippen LogP contribution in [0.25, 0.3) is 11.3 Å². The minimum atomic E-state index is -4.63. The lowest BCUT2D eigenvalue weighted by atomic mass is 10.0. The lowest BCUT2D eigenvalue weighted by Crippen LogP contribution is -2.11. The van der Waals surface area contributed by atoms with Gasteiger partial charge in [-0.2, -0.15) is 21.6 Å². The maximum atomic E-state index is 13.3. The molecule has 0 saturated heterocycles. The monoisotopic (exact) mass is 437 g/mol. The highest BCUT2D eigenvalue weighted by atomic mass is 35.5. The Kier molecular flexibility index (Phi) is 4.59. The number of nitrogens with zero attached hydrogens (tertiary/aromatic N) is 2. The number of anilines is 1. The summed E-state index contributed by atoms with van der Waals surface area (Å²) >= 11 is 5.84. The minimum absolute atomic E-state index is 0.0307. The summed E-state index contributed by atoms with van der Waals surface area (Å²) in [6, 6.07) is 12.6. The van der Waals surface area contributed by atoms with E-state index in [0.717, 1.165) is 12.1 Å². The maximum absolute atomic E-state index is 13.3. The average Bonchev–Trinajstić information content (AvgIpc) is 2.92. The number of aromatic nitrogens is 1. The molecule has 1 N–H and O–H groups in total. The van der Waals surface area contributed by atoms with E-state index < -0.39 is 21.8 Å². The van der Waals surface area contributed by atoms with Gasteiger partial charge in [0.1, 0.15) is 4.90 Å². The normalized spacial score (nSPS) is 15.0. The lowest BCUT2D eigenvalue weighted by Gasteiger charge is -2.12. The fourth-order valence-corrected chi connectivity index (χ4v) is 4.25. The van der Waals surface area contributed by atoms with Crippen molar-refractivity contribution in [3.8, 4) is 11.3 Å². The molecule has 1 aliphatic heterocycles. The molecule has 0 atom stereocenters. The molecule has 1 aromatic heterocycles. The molecule has 0 fully saturated rings. The zero-order valence-electron chi connectivity index (χ0n) is 14.4. The molecule has 0 saturated carbocycles. The molecule has 0 spiro atoms. The van der Waals surface area contributed by atoms with Crippen molar-refractivity contribution < 1.29 is 21.6 Å². The molecular formula is C19H11ClF3N3O2S. The Morgan fingerprint density at radius 2 is 1.72 bits per heavy atom. The molecule has 4 rings (SSSR count). The number of hydrogen-bond acceptors (Lipinski definition) is 4. The molecule has 148 valence electrons. The van der Waals surface area contributed by atoms with Crippen LogP contribution in [0, 0.1) is 0 Å². The predicted molar refractivity (Wildman–Crippen MR) is 103 cm³/mol. The molecule has 0 radical (unpaired) electrons. The number of rotatable bonds is 2. The Balaban J connectivity index is 1.77. The van der Waals surface area contributed by atoms with Gasteiger partial charge in [0.25, 0.3) is 10.0 Å². The standard InChI is InChI=1S/C19H11ClF3N3O2S/c20-12-4-6-13(7-5-12)25-18-14-8-3-11(10-16(14)29(27,28)26-18)17-15(19(21,22)23)2-1-9-24-17/h1-10H,(H,25,26). The Labute approximate surface area is 168 Å². The van der Waals surface area contributed by atoms with Crippen molar-refractivity contribution in [1.82, 2.24) is 4.98 Å². The van der Waals surface area contributed by atoms with Crippen LogP contribution in [0.3, 0.4) is 0 Å². The van der Waals surface area contributed by atoms with Crippen LogP contribution in [0.2, 0.25) is 5.02 Å². The Hall–Kier alpha value is -2.91. The Morgan fingerprint density at radius 3 is 2.41 bits per heavy atom. The van der Waals surface area contributed by atoms with Crippen molar-refractivity contribution in [3.05, 3.63) is 76.9 Å². The van der Waals surface area contributed by atoms with Gasteiger partial charge >= 0.3 is 6.18 Å². The van der Waals surface area contributed by atoms with Crippen LogP contribution in [0.1, 0.15) is 11.1 Å². The molecule has 0 unspecified atom stereocenters. The molecule has 0 bridgehead atoms. The average molecular weight is 438 g/mol. The molecule has 2 aromatic carbocycles. The maximum Gasteiger partial charge on any atom is 0.418 e. The summed E-state index contributed by atoms with van der Waals surface area (Å²) in [6.45, 7) is 0. The van der Waals surface area contributed by atoms with E-state index in [-0.39, 0.29) is 27.6 Å². The van der Waals surface area contributed by atoms with Crippen LogP contribution in [-0.2, 0) is 16.2 Å². The molecule has 5 nitrogen and oxygen atoms in total. The van der Waals surface area contributed by atoms with Crippen LogP contribution in [0.5, 0.6) is 0 Å². The number of alkyl halides is 3. The molecule has 10 heteroatoms. The van der Waals surface area contributed by atoms with Gasteiger partial charge in [-0.1, -0.05) is 17.7 Å². The second-order valence-electron chi connectivity index (χ2n) is 6.16. The van der Waals surface area contributed by atoms with E-state index in [2.05, 4.69) is 14.7 Å². The van der Waals surface area contributed by atoms with E-state index in [1.54, 1.807) is 24.3 Å². The third-order valence-electron chi connectivity index (χ3n) is 4.22. The third kappa shape index (κ3) is 3.70. The molecule has 0 aliphatic carbocycles. The van der Waals surface area contributed by atoms with Gasteiger partial charge in [-0.15, -0.1) is 4.40 Å². The first-order chi connectivity index (χ1) is 13.6. The van der Waals surface area contributed by atoms with Crippen LogP contribution in [0.4, 0.5) is 18.9 Å². The van der Waals surface area contributed by atoms with Crippen LogP contribution < -0.4 is 5.32 Å². The first kappa shape index (κ1) is 19.4. The fraction of sp³-hybridized carbons (Fsp3) is 0.0526. The highest BCUT2D eigenvalue weighted by molar-refractivity contribution is 7.90. The number of nitrogens with one attached hydrogen (secondary N) is 1. The third-order valence-corrected chi connectivity index (χ3v) is 5.79. The molecule has 2 heterocycles. The second kappa shape index (κ2) is 6.85. The number of sulfonamides is 1. The van der Waals surface area contributed by atoms with Gasteiger partial charge in [-0.25, -0.2) is 0 Å². The predicted octanol–water partition coefficient (Wildman–Crippen LogP) is 4.98. The zero-order valence-corrected chi connectivity index (χ0v) is 16.0. The highest BCUT2D eigenvalue weighted by Gasteiger charge is 2.35. The van der Waals surface area contributed by atoms with E-state index in [9.17, 15) is 21.6 Å². The Morgan fingerprint density at radius 1 is 1.00 bits per heavy atom. The highest BCUT2D eigenvalue weighted by Crippen LogP contribution is 2.38. The Bertz CT molecular complexity index is 1240. The van der Waals surface area contributed by atoms with Crippen molar-refractivity contribution in [2.24, 2.45) is 4.40 Å². The van der Waals surface area contributed by atoms with Crippen molar-refractivity contribution >= 4 is 33.1 Å². The zero-order chi connectivity index (χ0) is 20.8. The molecular weight excluding hydrogens is 427 g/mol. The number of benzene rings is 2. The van der Waals surface area contributed by atoms with Gasteiger partial charge in [0.05, 0.1) is 11.3 Å². The van der Waals surface area contributed by atoms with Gasteiger partial charge in [-0.05, 0) is 48.5 Å². The number of fused-ring (bicyclic) bond motifs is 1. The van der Waals surface area contributed by atoms with Crippen LogP contribution >= 0.6 is 11.6 Å². The van der Waals surface area contributed by atoms with E-state index >= 15 is 0 Å². The van der Waals surface area contributed by atoms with E-state index in [4.69, 9.17) is 11.6 Å². The first-order valence-electron chi connectivity index (χ1n) is 8.20. The lowest BCUT2D eigenvalue weighted by molar-refractivity contribution is -0.137. The van der Waals surface area contributed by atoms with Gasteiger partial charge in [-0.3, -0.25) is 4.98 Å². The summed E-state index contributed by atoms with van der Waals surface area (Å²) < 4.78 is 68.6. The van der Waals surface area contributed by atoms with Crippen molar-refractivity contribution in [3.63, 3.8) is 0 Å². The summed E-state index contributed by atoms with van der Waals surface area (Å²) in [6.07, 6.45) is -3.41. The van der Waals surface area contributed by atoms with Crippen molar-refractivity contribution in [2.45, 2.75) is 11.1 Å². The topological polar surface area (TPSA) is 71.4 Å². The number of amidine groups is 1. The van der Waals surface area contributed by atoms with Gasteiger partial charge in [0.2, 0.25) is 0 Å². The summed E-state index contributed by atoms with van der Waals surface area (Å²) in [4.78, 5) is 3.61. The molecule has 3 aromatic rings. The van der Waals surface area contributed by atoms with Crippen molar-refractivity contribution in [1.29, 1.82) is 0 Å². The molecule has 0 amide bonds. The second-order valence-corrected chi connectivity index (χ2v) is 8.16. The number of hydrogen-bond donors (Lipinski definition) is 1. The van der Waals surface area contributed by atoms with Gasteiger partial charge < -0.3 is 5.32 Å². The minimum Gasteiger partial charge on any atom is -0.339 e. The largest absolute Gasteiger partial charge is 0.418 e. The summed E-state index contributed by atoms with van der Waals surface area (Å²) in [5.41, 5.74) is -0.450. The summed E-state index contributed by atoms with van der Waals surface area (Å²) in [7, 11) is -4.07. The fourth-order valence-electron chi connectivity index (χ4n) is 2.92. The van der Waals surface area contributed by atoms with Crippen LogP contribution in [-0.4, -0.2) is 19.2 Å². The number of halogens is 4. The van der Waals surface area contributed by atoms with E-state index in [0.29, 0.717) is 10.7 Å². The smallest absolute Gasteiger partial charge is 0.339 e. The summed E-state index contributed by atoms with van der Waals surface area (Å²) in [5, 5.41) is 3.40. The first-order valence-corrected chi connectivity index (χ1v) is 10.0.